The van der Waals surface area contributed by atoms with Crippen molar-refractivity contribution >= 4 is 17.7 Å². The van der Waals surface area contributed by atoms with Crippen LogP contribution in [0.3, 0.4) is 0 Å². The zero-order chi connectivity index (χ0) is 17.2. The summed E-state index contributed by atoms with van der Waals surface area (Å²) in [5.74, 6) is 1.91. The number of fused-ring (bicyclic) bond motifs is 1. The molecule has 1 amide bonds. The van der Waals surface area contributed by atoms with E-state index < -0.39 is 5.91 Å². The van der Waals surface area contributed by atoms with E-state index in [0.29, 0.717) is 33.9 Å². The Morgan fingerprint density at radius 1 is 1.12 bits per heavy atom. The predicted molar refractivity (Wildman–Crippen MR) is 90.4 cm³/mol. The number of ether oxygens (including phenoxy) is 2. The number of hydrogen-bond acceptors (Lipinski definition) is 7. The van der Waals surface area contributed by atoms with Crippen molar-refractivity contribution in [1.29, 1.82) is 0 Å². The maximum Gasteiger partial charge on any atom is 0.277 e. The fourth-order valence-electron chi connectivity index (χ4n) is 2.37. The Labute approximate surface area is 147 Å². The molecule has 4 rings (SSSR count). The summed E-state index contributed by atoms with van der Waals surface area (Å²) in [6.07, 6.45) is 0. The first-order valence-corrected chi connectivity index (χ1v) is 8.43. The summed E-state index contributed by atoms with van der Waals surface area (Å²) in [5, 5.41) is 8.55. The third-order valence-corrected chi connectivity index (χ3v) is 4.49. The largest absolute Gasteiger partial charge is 0.454 e. The van der Waals surface area contributed by atoms with Gasteiger partial charge in [0.15, 0.2) is 11.5 Å². The smallest absolute Gasteiger partial charge is 0.277 e. The topological polar surface area (TPSA) is 100 Å². The Balaban J connectivity index is 1.47. The molecule has 1 aliphatic heterocycles. The number of carbonyl (C=O) groups is 1. The summed E-state index contributed by atoms with van der Waals surface area (Å²) in [4.78, 5) is 11.2. The van der Waals surface area contributed by atoms with Gasteiger partial charge in [-0.1, -0.05) is 23.9 Å². The van der Waals surface area contributed by atoms with Crippen LogP contribution in [0.25, 0.3) is 11.5 Å². The standard InChI is InChI=1S/C17H13N3O4S/c18-15(21)11-3-1-2-10(6-11)8-25-17-20-19-16(24-17)12-4-5-13-14(7-12)23-9-22-13/h1-7H,8-9H2,(H2,18,21). The van der Waals surface area contributed by atoms with Gasteiger partial charge in [-0.2, -0.15) is 0 Å². The van der Waals surface area contributed by atoms with Crippen LogP contribution < -0.4 is 15.2 Å². The van der Waals surface area contributed by atoms with E-state index in [-0.39, 0.29) is 6.79 Å². The number of rotatable bonds is 5. The molecule has 1 aromatic heterocycles. The van der Waals surface area contributed by atoms with E-state index in [9.17, 15) is 4.79 Å². The average Bonchev–Trinajstić information content (AvgIpc) is 3.28. The minimum atomic E-state index is -0.449. The van der Waals surface area contributed by atoms with Gasteiger partial charge in [-0.05, 0) is 35.9 Å². The normalized spacial score (nSPS) is 12.3. The Kier molecular flexibility index (Phi) is 4.02. The van der Waals surface area contributed by atoms with Gasteiger partial charge in [-0.25, -0.2) is 0 Å². The highest BCUT2D eigenvalue weighted by atomic mass is 32.2. The van der Waals surface area contributed by atoms with Gasteiger partial charge in [0, 0.05) is 16.9 Å². The monoisotopic (exact) mass is 355 g/mol. The third kappa shape index (κ3) is 3.29. The maximum atomic E-state index is 11.2. The molecule has 2 heterocycles. The quantitative estimate of drug-likeness (QED) is 0.702. The zero-order valence-corrected chi connectivity index (χ0v) is 13.8. The van der Waals surface area contributed by atoms with Crippen molar-refractivity contribution in [3.8, 4) is 23.0 Å². The summed E-state index contributed by atoms with van der Waals surface area (Å²) in [5.41, 5.74) is 7.48. The molecule has 2 aromatic carbocycles. The number of hydrogen-bond donors (Lipinski definition) is 1. The maximum absolute atomic E-state index is 11.2. The number of amides is 1. The lowest BCUT2D eigenvalue weighted by atomic mass is 10.1. The van der Waals surface area contributed by atoms with Crippen molar-refractivity contribution in [2.45, 2.75) is 11.0 Å². The Hall–Kier alpha value is -3.00. The number of nitrogens with two attached hydrogens (primary N) is 1. The van der Waals surface area contributed by atoms with Crippen LogP contribution in [0.2, 0.25) is 0 Å². The van der Waals surface area contributed by atoms with Gasteiger partial charge in [0.05, 0.1) is 0 Å². The summed E-state index contributed by atoms with van der Waals surface area (Å²) in [6, 6.07) is 12.6. The second kappa shape index (κ2) is 6.48. The SMILES string of the molecule is NC(=O)c1cccc(CSc2nnc(-c3ccc4c(c3)OCO4)o2)c1. The van der Waals surface area contributed by atoms with Gasteiger partial charge in [-0.15, -0.1) is 10.2 Å². The molecular formula is C17H13N3O4S. The number of aromatic nitrogens is 2. The van der Waals surface area contributed by atoms with Crippen LogP contribution >= 0.6 is 11.8 Å². The fraction of sp³-hybridized carbons (Fsp3) is 0.118. The number of benzene rings is 2. The van der Waals surface area contributed by atoms with E-state index in [1.807, 2.05) is 18.2 Å². The highest BCUT2D eigenvalue weighted by Crippen LogP contribution is 2.36. The minimum absolute atomic E-state index is 0.216. The van der Waals surface area contributed by atoms with Gasteiger partial charge in [0.25, 0.3) is 5.22 Å². The Morgan fingerprint density at radius 3 is 2.88 bits per heavy atom. The van der Waals surface area contributed by atoms with E-state index in [4.69, 9.17) is 19.6 Å². The summed E-state index contributed by atoms with van der Waals surface area (Å²) >= 11 is 1.39. The molecule has 7 nitrogen and oxygen atoms in total. The van der Waals surface area contributed by atoms with Crippen LogP contribution in [0.4, 0.5) is 0 Å². The van der Waals surface area contributed by atoms with E-state index in [1.54, 1.807) is 24.3 Å². The third-order valence-electron chi connectivity index (χ3n) is 3.60. The Morgan fingerprint density at radius 2 is 2.00 bits per heavy atom. The van der Waals surface area contributed by atoms with Gasteiger partial charge in [-0.3, -0.25) is 4.79 Å². The number of carbonyl (C=O) groups excluding carboxylic acids is 1. The van der Waals surface area contributed by atoms with Gasteiger partial charge in [0.1, 0.15) is 0 Å². The molecule has 2 N–H and O–H groups in total. The van der Waals surface area contributed by atoms with Crippen molar-refractivity contribution < 1.29 is 18.7 Å². The van der Waals surface area contributed by atoms with Crippen LogP contribution in [-0.4, -0.2) is 22.9 Å². The molecule has 0 saturated heterocycles. The van der Waals surface area contributed by atoms with Crippen LogP contribution in [0.1, 0.15) is 15.9 Å². The Bertz CT molecular complexity index is 941. The molecule has 0 aliphatic carbocycles. The second-order valence-electron chi connectivity index (χ2n) is 5.29. The van der Waals surface area contributed by atoms with E-state index in [0.717, 1.165) is 11.1 Å². The summed E-state index contributed by atoms with van der Waals surface area (Å²) in [6.45, 7) is 0.216. The summed E-state index contributed by atoms with van der Waals surface area (Å²) in [7, 11) is 0. The van der Waals surface area contributed by atoms with Crippen molar-refractivity contribution in [2.24, 2.45) is 5.73 Å². The first-order valence-electron chi connectivity index (χ1n) is 7.44. The first-order chi connectivity index (χ1) is 12.2. The summed E-state index contributed by atoms with van der Waals surface area (Å²) < 4.78 is 16.3. The molecule has 126 valence electrons. The molecule has 25 heavy (non-hydrogen) atoms. The van der Waals surface area contributed by atoms with Crippen LogP contribution in [0, 0.1) is 0 Å². The van der Waals surface area contributed by atoms with Gasteiger partial charge >= 0.3 is 0 Å². The molecule has 0 radical (unpaired) electrons. The zero-order valence-electron chi connectivity index (χ0n) is 13.0. The average molecular weight is 355 g/mol. The highest BCUT2D eigenvalue weighted by molar-refractivity contribution is 7.98. The molecule has 0 saturated carbocycles. The lowest BCUT2D eigenvalue weighted by Crippen LogP contribution is -2.10. The molecule has 1 aliphatic rings. The molecule has 3 aromatic rings. The van der Waals surface area contributed by atoms with Crippen molar-refractivity contribution in [3.63, 3.8) is 0 Å². The van der Waals surface area contributed by atoms with Crippen molar-refractivity contribution in [2.75, 3.05) is 6.79 Å². The van der Waals surface area contributed by atoms with E-state index >= 15 is 0 Å². The van der Waals surface area contributed by atoms with Gasteiger partial charge in [0.2, 0.25) is 18.6 Å². The number of nitrogens with zero attached hydrogens (tertiary/aromatic N) is 2. The van der Waals surface area contributed by atoms with Crippen molar-refractivity contribution in [3.05, 3.63) is 53.6 Å². The van der Waals surface area contributed by atoms with Crippen LogP contribution in [0.15, 0.2) is 52.1 Å². The van der Waals surface area contributed by atoms with Crippen LogP contribution in [-0.2, 0) is 5.75 Å². The minimum Gasteiger partial charge on any atom is -0.454 e. The molecule has 0 spiro atoms. The van der Waals surface area contributed by atoms with E-state index in [2.05, 4.69) is 10.2 Å². The lowest BCUT2D eigenvalue weighted by molar-refractivity contribution is 0.1000. The number of primary amides is 1. The second-order valence-corrected chi connectivity index (χ2v) is 6.22. The molecule has 0 fully saturated rings. The molecule has 0 unspecified atom stereocenters. The molecule has 0 atom stereocenters. The highest BCUT2D eigenvalue weighted by Gasteiger charge is 2.17. The first kappa shape index (κ1) is 15.5. The van der Waals surface area contributed by atoms with E-state index in [1.165, 1.54) is 11.8 Å². The fourth-order valence-corrected chi connectivity index (χ4v) is 3.08. The predicted octanol–water partition coefficient (Wildman–Crippen LogP) is 2.86. The van der Waals surface area contributed by atoms with Crippen LogP contribution in [0.5, 0.6) is 11.5 Å². The van der Waals surface area contributed by atoms with Crippen molar-refractivity contribution in [1.82, 2.24) is 10.2 Å². The number of thioether (sulfide) groups is 1. The van der Waals surface area contributed by atoms with Gasteiger partial charge < -0.3 is 19.6 Å². The lowest BCUT2D eigenvalue weighted by Gasteiger charge is -2.01. The molecular weight excluding hydrogens is 342 g/mol. The molecule has 0 bridgehead atoms. The molecule has 8 heteroatoms.